The van der Waals surface area contributed by atoms with Crippen LogP contribution in [-0.2, 0) is 36.6 Å². The van der Waals surface area contributed by atoms with Gasteiger partial charge >= 0.3 is 0 Å². The van der Waals surface area contributed by atoms with Crippen LogP contribution in [0.25, 0.3) is 0 Å². The number of carbonyl (C=O) groups excluding carboxylic acids is 1. The van der Waals surface area contributed by atoms with Gasteiger partial charge in [0.2, 0.25) is 5.91 Å². The number of likely N-dealkylation sites (tertiary alicyclic amines) is 1. The second kappa shape index (κ2) is 18.3. The fourth-order valence-corrected chi connectivity index (χ4v) is 5.23. The summed E-state index contributed by atoms with van der Waals surface area (Å²) in [5.74, 6) is 1.55. The van der Waals surface area contributed by atoms with Crippen molar-refractivity contribution < 1.29 is 32.9 Å². The fraction of sp³-hybridized carbons (Fsp3) is 0.690. The lowest BCUT2D eigenvalue weighted by Gasteiger charge is -2.36. The van der Waals surface area contributed by atoms with Crippen molar-refractivity contribution in [2.24, 2.45) is 11.8 Å². The van der Waals surface area contributed by atoms with Gasteiger partial charge in [0, 0.05) is 38.2 Å². The molecular formula is C29H46FN3O6. The molecule has 0 unspecified atom stereocenters. The van der Waals surface area contributed by atoms with Gasteiger partial charge < -0.3 is 39.2 Å². The summed E-state index contributed by atoms with van der Waals surface area (Å²) in [4.78, 5) is 13.3. The molecule has 3 rings (SSSR count). The minimum absolute atomic E-state index is 0.0927. The molecule has 1 amide bonds. The molecule has 0 saturated carbocycles. The Bertz CT molecular complexity index is 874. The van der Waals surface area contributed by atoms with E-state index in [0.29, 0.717) is 77.8 Å². The molecule has 0 bridgehead atoms. The van der Waals surface area contributed by atoms with Gasteiger partial charge in [-0.05, 0) is 62.0 Å². The van der Waals surface area contributed by atoms with Crippen LogP contribution in [0.4, 0.5) is 4.39 Å². The Labute approximate surface area is 232 Å². The molecule has 220 valence electrons. The molecule has 39 heavy (non-hydrogen) atoms. The van der Waals surface area contributed by atoms with Crippen LogP contribution < -0.4 is 15.4 Å². The third-order valence-electron chi connectivity index (χ3n) is 6.94. The molecule has 1 aromatic rings. The summed E-state index contributed by atoms with van der Waals surface area (Å²) in [5, 5.41) is 6.16. The maximum atomic E-state index is 14.6. The summed E-state index contributed by atoms with van der Waals surface area (Å²) in [6.07, 6.45) is 3.91. The van der Waals surface area contributed by atoms with Crippen molar-refractivity contribution in [2.75, 3.05) is 99.2 Å². The smallest absolute Gasteiger partial charge is 0.243 e. The van der Waals surface area contributed by atoms with Gasteiger partial charge in [0.25, 0.3) is 0 Å². The van der Waals surface area contributed by atoms with Gasteiger partial charge in [-0.1, -0.05) is 6.58 Å². The van der Waals surface area contributed by atoms with E-state index in [0.717, 1.165) is 62.3 Å². The summed E-state index contributed by atoms with van der Waals surface area (Å²) >= 11 is 0. The summed E-state index contributed by atoms with van der Waals surface area (Å²) in [5.41, 5.74) is 1.93. The molecule has 2 aliphatic rings. The molecule has 0 aliphatic carbocycles. The minimum atomic E-state index is -0.203. The molecule has 1 fully saturated rings. The van der Waals surface area contributed by atoms with E-state index in [2.05, 4.69) is 29.2 Å². The van der Waals surface area contributed by atoms with Gasteiger partial charge in [-0.2, -0.15) is 0 Å². The Morgan fingerprint density at radius 2 is 1.67 bits per heavy atom. The zero-order valence-corrected chi connectivity index (χ0v) is 23.4. The first-order chi connectivity index (χ1) is 19.1. The highest BCUT2D eigenvalue weighted by Gasteiger charge is 2.28. The normalized spacial score (nSPS) is 19.0. The highest BCUT2D eigenvalue weighted by Crippen LogP contribution is 2.33. The fourth-order valence-electron chi connectivity index (χ4n) is 5.23. The van der Waals surface area contributed by atoms with Gasteiger partial charge in [0.1, 0.15) is 11.6 Å². The zero-order valence-electron chi connectivity index (χ0n) is 23.4. The lowest BCUT2D eigenvalue weighted by molar-refractivity contribution is -0.116. The number of fused-ring (bicyclic) bond motifs is 1. The summed E-state index contributed by atoms with van der Waals surface area (Å²) in [6.45, 7) is 12.4. The summed E-state index contributed by atoms with van der Waals surface area (Å²) in [6, 6.07) is 3.32. The topological polar surface area (TPSA) is 90.5 Å². The average Bonchev–Trinajstić information content (AvgIpc) is 3.41. The predicted molar refractivity (Wildman–Crippen MR) is 148 cm³/mol. The number of rotatable bonds is 20. The monoisotopic (exact) mass is 551 g/mol. The number of hydrogen-bond donors (Lipinski definition) is 2. The van der Waals surface area contributed by atoms with E-state index in [9.17, 15) is 9.18 Å². The third kappa shape index (κ3) is 11.9. The number of piperidine rings is 1. The van der Waals surface area contributed by atoms with E-state index in [1.54, 1.807) is 12.1 Å². The second-order valence-electron chi connectivity index (χ2n) is 10.1. The van der Waals surface area contributed by atoms with E-state index in [1.165, 1.54) is 6.08 Å². The highest BCUT2D eigenvalue weighted by molar-refractivity contribution is 5.86. The first-order valence-corrected chi connectivity index (χ1v) is 14.1. The molecule has 2 N–H and O–H groups in total. The van der Waals surface area contributed by atoms with Crippen molar-refractivity contribution in [2.45, 2.75) is 19.3 Å². The standard InChI is InChI=1S/C29H46FN3O6/c1-3-29(34)32-8-11-36-13-15-38-17-16-37-14-12-35-10-7-31-20-24-18-23(21-33(2)22-24)19-26-25-6-9-39-28(25)5-4-27(26)30/h3-5,23-24,31H,1,6-22H2,2H3,(H,32,34)/t23-,24+/m0/s1. The van der Waals surface area contributed by atoms with Crippen LogP contribution in [0.3, 0.4) is 0 Å². The molecule has 9 nitrogen and oxygen atoms in total. The van der Waals surface area contributed by atoms with Crippen molar-refractivity contribution in [1.29, 1.82) is 0 Å². The Morgan fingerprint density at radius 1 is 1.03 bits per heavy atom. The van der Waals surface area contributed by atoms with Gasteiger partial charge in [0.05, 0.1) is 59.5 Å². The van der Waals surface area contributed by atoms with E-state index in [1.807, 2.05) is 0 Å². The van der Waals surface area contributed by atoms with Crippen LogP contribution >= 0.6 is 0 Å². The molecule has 1 saturated heterocycles. The average molecular weight is 552 g/mol. The van der Waals surface area contributed by atoms with Gasteiger partial charge in [-0.15, -0.1) is 0 Å². The van der Waals surface area contributed by atoms with Gasteiger partial charge in [-0.25, -0.2) is 4.39 Å². The summed E-state index contributed by atoms with van der Waals surface area (Å²) < 4.78 is 42.2. The Kier molecular flexibility index (Phi) is 14.8. The van der Waals surface area contributed by atoms with Crippen molar-refractivity contribution in [3.05, 3.63) is 41.7 Å². The minimum Gasteiger partial charge on any atom is -0.493 e. The number of hydrogen-bond acceptors (Lipinski definition) is 8. The molecule has 2 aliphatic heterocycles. The quantitative estimate of drug-likeness (QED) is 0.188. The van der Waals surface area contributed by atoms with E-state index >= 15 is 0 Å². The largest absolute Gasteiger partial charge is 0.493 e. The summed E-state index contributed by atoms with van der Waals surface area (Å²) in [7, 11) is 2.16. The van der Waals surface area contributed by atoms with Gasteiger partial charge in [-0.3, -0.25) is 4.79 Å². The molecule has 0 aromatic heterocycles. The molecule has 0 radical (unpaired) electrons. The number of benzene rings is 1. The number of nitrogens with zero attached hydrogens (tertiary/aromatic N) is 1. The third-order valence-corrected chi connectivity index (χ3v) is 6.94. The van der Waals surface area contributed by atoms with Crippen LogP contribution in [-0.4, -0.2) is 110 Å². The first-order valence-electron chi connectivity index (χ1n) is 14.1. The number of nitrogens with one attached hydrogen (secondary N) is 2. The molecule has 0 spiro atoms. The molecule has 2 heterocycles. The maximum absolute atomic E-state index is 14.6. The zero-order chi connectivity index (χ0) is 27.7. The van der Waals surface area contributed by atoms with Crippen LogP contribution in [0.15, 0.2) is 24.8 Å². The van der Waals surface area contributed by atoms with E-state index < -0.39 is 0 Å². The van der Waals surface area contributed by atoms with Crippen molar-refractivity contribution in [1.82, 2.24) is 15.5 Å². The van der Waals surface area contributed by atoms with Crippen LogP contribution in [0, 0.1) is 17.7 Å². The SMILES string of the molecule is C=CC(=O)NCCOCCOCCOCCOCCNC[C@H]1C[C@@H](Cc2c(F)ccc3c2CCO3)CN(C)C1. The maximum Gasteiger partial charge on any atom is 0.243 e. The predicted octanol–water partition coefficient (Wildman–Crippen LogP) is 1.83. The first kappa shape index (κ1) is 31.4. The van der Waals surface area contributed by atoms with E-state index in [-0.39, 0.29) is 11.7 Å². The van der Waals surface area contributed by atoms with Crippen molar-refractivity contribution >= 4 is 5.91 Å². The molecule has 2 atom stereocenters. The van der Waals surface area contributed by atoms with Crippen molar-refractivity contribution in [3.8, 4) is 5.75 Å². The lowest BCUT2D eigenvalue weighted by atomic mass is 9.84. The molecule has 10 heteroatoms. The molecular weight excluding hydrogens is 505 g/mol. The molecule has 1 aromatic carbocycles. The number of ether oxygens (including phenoxy) is 5. The number of halogens is 1. The van der Waals surface area contributed by atoms with E-state index in [4.69, 9.17) is 23.7 Å². The lowest BCUT2D eigenvalue weighted by Crippen LogP contribution is -2.42. The highest BCUT2D eigenvalue weighted by atomic mass is 19.1. The van der Waals surface area contributed by atoms with Crippen LogP contribution in [0.5, 0.6) is 5.75 Å². The van der Waals surface area contributed by atoms with Crippen LogP contribution in [0.2, 0.25) is 0 Å². The Morgan fingerprint density at radius 3 is 2.36 bits per heavy atom. The van der Waals surface area contributed by atoms with Crippen molar-refractivity contribution in [3.63, 3.8) is 0 Å². The van der Waals surface area contributed by atoms with Crippen LogP contribution in [0.1, 0.15) is 17.5 Å². The Hall–Kier alpha value is -2.08. The number of carbonyl (C=O) groups is 1. The number of amides is 1. The Balaban J connectivity index is 1.14. The second-order valence-corrected chi connectivity index (χ2v) is 10.1. The van der Waals surface area contributed by atoms with Gasteiger partial charge in [0.15, 0.2) is 0 Å².